The van der Waals surface area contributed by atoms with Gasteiger partial charge >= 0.3 is 6.18 Å². The summed E-state index contributed by atoms with van der Waals surface area (Å²) in [5, 5.41) is 9.23. The molecule has 0 spiro atoms. The molecule has 15 heavy (non-hydrogen) atoms. The van der Waals surface area contributed by atoms with Gasteiger partial charge in [-0.3, -0.25) is 4.90 Å². The van der Waals surface area contributed by atoms with Gasteiger partial charge in [-0.25, -0.2) is 0 Å². The molecule has 1 radical (unpaired) electrons. The molecule has 95 valence electrons. The molecule has 0 amide bonds. The average molecular weight is 272 g/mol. The third kappa shape index (κ3) is 5.19. The van der Waals surface area contributed by atoms with Crippen LogP contribution in [-0.2, 0) is 16.8 Å². The predicted octanol–water partition coefficient (Wildman–Crippen LogP) is 2.03. The fraction of sp³-hybridized carbons (Fsp3) is 1.00. The van der Waals surface area contributed by atoms with E-state index in [1.165, 1.54) is 0 Å². The fourth-order valence-electron chi connectivity index (χ4n) is 1.14. The number of rotatable bonds is 4. The van der Waals surface area contributed by atoms with E-state index in [1.54, 1.807) is 25.7 Å². The fourth-order valence-corrected chi connectivity index (χ4v) is 1.14. The second-order valence-corrected chi connectivity index (χ2v) is 3.93. The van der Waals surface area contributed by atoms with Crippen LogP contribution in [0.25, 0.3) is 0 Å². The Bertz CT molecular complexity index is 183. The van der Waals surface area contributed by atoms with Crippen molar-refractivity contribution in [3.05, 3.63) is 0 Å². The summed E-state index contributed by atoms with van der Waals surface area (Å²) in [6, 6.07) is -0.00572. The van der Waals surface area contributed by atoms with E-state index in [2.05, 4.69) is 0 Å². The Kier molecular flexibility index (Phi) is 7.13. The monoisotopic (exact) mass is 272 g/mol. The van der Waals surface area contributed by atoms with Crippen molar-refractivity contribution in [2.45, 2.75) is 45.5 Å². The number of halogens is 3. The molecule has 6 heteroatoms. The van der Waals surface area contributed by atoms with Gasteiger partial charge in [-0.1, -0.05) is 6.92 Å². The zero-order valence-corrected chi connectivity index (χ0v) is 10.4. The number of hydrogen-bond acceptors (Lipinski definition) is 2. The van der Waals surface area contributed by atoms with Crippen LogP contribution in [0.3, 0.4) is 0 Å². The topological polar surface area (TPSA) is 23.5 Å². The smallest absolute Gasteiger partial charge is 0.380 e. The zero-order chi connectivity index (χ0) is 11.6. The van der Waals surface area contributed by atoms with Gasteiger partial charge < -0.3 is 5.11 Å². The van der Waals surface area contributed by atoms with Gasteiger partial charge in [-0.05, 0) is 27.3 Å². The van der Waals surface area contributed by atoms with Gasteiger partial charge in [0.25, 0.3) is 0 Å². The van der Waals surface area contributed by atoms with Crippen molar-refractivity contribution in [3.8, 4) is 0 Å². The summed E-state index contributed by atoms with van der Waals surface area (Å²) in [6.07, 6.45) is -4.57. The second-order valence-electron chi connectivity index (χ2n) is 3.93. The molecule has 0 aromatic carbocycles. The van der Waals surface area contributed by atoms with Crippen molar-refractivity contribution in [2.75, 3.05) is 13.1 Å². The first-order chi connectivity index (χ1) is 6.12. The van der Waals surface area contributed by atoms with Crippen molar-refractivity contribution in [1.82, 2.24) is 4.90 Å². The van der Waals surface area contributed by atoms with Crippen molar-refractivity contribution >= 4 is 0 Å². The van der Waals surface area contributed by atoms with Gasteiger partial charge in [0.05, 0.1) is 0 Å². The number of nitrogens with zero attached hydrogens (tertiary/aromatic N) is 1. The molecule has 0 bridgehead atoms. The molecule has 2 nitrogen and oxygen atoms in total. The molecule has 0 rings (SSSR count). The van der Waals surface area contributed by atoms with Crippen molar-refractivity contribution in [3.63, 3.8) is 0 Å². The first kappa shape index (κ1) is 17.6. The Labute approximate surface area is 99.0 Å². The first-order valence-electron chi connectivity index (χ1n) is 4.65. The Morgan fingerprint density at radius 3 is 1.87 bits per heavy atom. The van der Waals surface area contributed by atoms with E-state index in [0.29, 0.717) is 6.54 Å². The van der Waals surface area contributed by atoms with E-state index in [1.807, 2.05) is 0 Å². The molecule has 0 heterocycles. The third-order valence-electron chi connectivity index (χ3n) is 2.26. The summed E-state index contributed by atoms with van der Waals surface area (Å²) in [4.78, 5) is 1.58. The van der Waals surface area contributed by atoms with Gasteiger partial charge in [0.2, 0.25) is 0 Å². The quantitative estimate of drug-likeness (QED) is 0.846. The number of hydrogen-bond donors (Lipinski definition) is 1. The number of aliphatic hydroxyl groups is 1. The SMILES string of the molecule is CCN(CC(C)(O)C(F)(F)F)C(C)C.[Co]. The molecule has 0 aromatic heterocycles. The van der Waals surface area contributed by atoms with E-state index >= 15 is 0 Å². The zero-order valence-electron chi connectivity index (χ0n) is 9.35. The van der Waals surface area contributed by atoms with Crippen molar-refractivity contribution < 1.29 is 35.1 Å². The van der Waals surface area contributed by atoms with E-state index < -0.39 is 11.8 Å². The molecule has 0 aliphatic rings. The van der Waals surface area contributed by atoms with Crippen LogP contribution in [-0.4, -0.2) is 40.9 Å². The molecular formula is C9H18CoF3NO. The normalized spacial score (nSPS) is 16.4. The van der Waals surface area contributed by atoms with Crippen molar-refractivity contribution in [1.29, 1.82) is 0 Å². The third-order valence-corrected chi connectivity index (χ3v) is 2.26. The van der Waals surface area contributed by atoms with E-state index in [-0.39, 0.29) is 29.4 Å². The first-order valence-corrected chi connectivity index (χ1v) is 4.65. The van der Waals surface area contributed by atoms with Crippen molar-refractivity contribution in [2.24, 2.45) is 0 Å². The summed E-state index contributed by atoms with van der Waals surface area (Å²) >= 11 is 0. The van der Waals surface area contributed by atoms with Crippen LogP contribution in [0.2, 0.25) is 0 Å². The largest absolute Gasteiger partial charge is 0.418 e. The van der Waals surface area contributed by atoms with Gasteiger partial charge in [0, 0.05) is 29.4 Å². The minimum absolute atomic E-state index is 0. The summed E-state index contributed by atoms with van der Waals surface area (Å²) < 4.78 is 37.0. The Morgan fingerprint density at radius 1 is 1.27 bits per heavy atom. The Balaban J connectivity index is 0. The molecule has 0 saturated carbocycles. The van der Waals surface area contributed by atoms with Crippen LogP contribution < -0.4 is 0 Å². The maximum absolute atomic E-state index is 12.3. The van der Waals surface area contributed by atoms with Crippen LogP contribution in [0.15, 0.2) is 0 Å². The number of alkyl halides is 3. The van der Waals surface area contributed by atoms with E-state index in [9.17, 15) is 18.3 Å². The summed E-state index contributed by atoms with van der Waals surface area (Å²) in [6.45, 7) is 6.28. The molecule has 0 aromatic rings. The summed E-state index contributed by atoms with van der Waals surface area (Å²) in [5.41, 5.74) is -2.63. The van der Waals surface area contributed by atoms with E-state index in [0.717, 1.165) is 6.92 Å². The minimum atomic E-state index is -4.57. The van der Waals surface area contributed by atoms with Crippen LogP contribution in [0.1, 0.15) is 27.7 Å². The van der Waals surface area contributed by atoms with Crippen LogP contribution in [0, 0.1) is 0 Å². The van der Waals surface area contributed by atoms with Gasteiger partial charge in [0.1, 0.15) is 0 Å². The Hall–Kier alpha value is 0.216. The van der Waals surface area contributed by atoms with Gasteiger partial charge in [0.15, 0.2) is 5.60 Å². The van der Waals surface area contributed by atoms with Gasteiger partial charge in [-0.15, -0.1) is 0 Å². The van der Waals surface area contributed by atoms with Gasteiger partial charge in [-0.2, -0.15) is 13.2 Å². The summed E-state index contributed by atoms with van der Waals surface area (Å²) in [7, 11) is 0. The molecule has 0 saturated heterocycles. The molecule has 0 fully saturated rings. The molecule has 0 aliphatic heterocycles. The molecule has 1 N–H and O–H groups in total. The van der Waals surface area contributed by atoms with Crippen LogP contribution >= 0.6 is 0 Å². The molecule has 1 unspecified atom stereocenters. The standard InChI is InChI=1S/C9H18F3NO.Co/c1-5-13(7(2)3)6-8(4,14)9(10,11)12;/h7,14H,5-6H2,1-4H3;. The van der Waals surface area contributed by atoms with Crippen LogP contribution in [0.4, 0.5) is 13.2 Å². The molecule has 0 aliphatic carbocycles. The maximum Gasteiger partial charge on any atom is 0.418 e. The maximum atomic E-state index is 12.3. The molecule has 1 atom stereocenters. The Morgan fingerprint density at radius 2 is 1.67 bits per heavy atom. The van der Waals surface area contributed by atoms with E-state index in [4.69, 9.17) is 0 Å². The molecular weight excluding hydrogens is 254 g/mol. The number of likely N-dealkylation sites (N-methyl/N-ethyl adjacent to an activating group) is 1. The summed E-state index contributed by atoms with van der Waals surface area (Å²) in [5.74, 6) is 0. The minimum Gasteiger partial charge on any atom is -0.380 e. The average Bonchev–Trinajstić information content (AvgIpc) is 1.97. The second kappa shape index (κ2) is 6.08. The van der Waals surface area contributed by atoms with Crippen LogP contribution in [0.5, 0.6) is 0 Å². The predicted molar refractivity (Wildman–Crippen MR) is 49.1 cm³/mol.